The molecule has 1 aliphatic carbocycles. The molecule has 0 radical (unpaired) electrons. The Morgan fingerprint density at radius 1 is 1.43 bits per heavy atom. The predicted octanol–water partition coefficient (Wildman–Crippen LogP) is 1.92. The highest BCUT2D eigenvalue weighted by molar-refractivity contribution is 7.90. The highest BCUT2D eigenvalue weighted by Gasteiger charge is 2.37. The molecule has 0 unspecified atom stereocenters. The largest absolute Gasteiger partial charge is 0.464 e. The topological polar surface area (TPSA) is 62.6 Å². The zero-order valence-electron chi connectivity index (χ0n) is 12.7. The third kappa shape index (κ3) is 3.33. The van der Waals surface area contributed by atoms with Crippen molar-refractivity contribution in [2.24, 2.45) is 5.92 Å². The number of hydrogen-bond donors (Lipinski definition) is 1. The van der Waals surface area contributed by atoms with E-state index in [0.29, 0.717) is 32.0 Å². The van der Waals surface area contributed by atoms with Crippen LogP contribution in [0.15, 0.2) is 16.5 Å². The summed E-state index contributed by atoms with van der Waals surface area (Å²) in [6.07, 6.45) is 1.92. The molecule has 1 aromatic heterocycles. The first-order chi connectivity index (χ1) is 9.99. The lowest BCUT2D eigenvalue weighted by molar-refractivity contribution is 0.292. The van der Waals surface area contributed by atoms with E-state index in [9.17, 15) is 8.42 Å². The molecule has 0 spiro atoms. The maximum Gasteiger partial charge on any atom is 0.215 e. The van der Waals surface area contributed by atoms with E-state index >= 15 is 0 Å². The number of furan rings is 1. The van der Waals surface area contributed by atoms with Crippen molar-refractivity contribution in [3.8, 4) is 0 Å². The molecule has 3 atom stereocenters. The van der Waals surface area contributed by atoms with E-state index in [2.05, 4.69) is 22.6 Å². The first-order valence-corrected chi connectivity index (χ1v) is 9.33. The monoisotopic (exact) mass is 312 g/mol. The van der Waals surface area contributed by atoms with Crippen LogP contribution in [0.1, 0.15) is 44.1 Å². The SMILES string of the molecule is CCNS(=O)(=O)[C@@H]1CCN(Cc2ccc([C@@H]3C[C@@H]3C)o2)C1. The average Bonchev–Trinajstić information content (AvgIpc) is 2.84. The zero-order valence-corrected chi connectivity index (χ0v) is 13.5. The van der Waals surface area contributed by atoms with Gasteiger partial charge in [0, 0.05) is 25.6 Å². The van der Waals surface area contributed by atoms with E-state index in [1.54, 1.807) is 0 Å². The van der Waals surface area contributed by atoms with Gasteiger partial charge in [0.05, 0.1) is 11.8 Å². The Balaban J connectivity index is 1.56. The third-order valence-corrected chi connectivity index (χ3v) is 6.50. The molecular formula is C15H24N2O3S. The molecule has 0 amide bonds. The third-order valence-electron chi connectivity index (χ3n) is 4.55. The van der Waals surface area contributed by atoms with Gasteiger partial charge in [-0.1, -0.05) is 13.8 Å². The highest BCUT2D eigenvalue weighted by atomic mass is 32.2. The molecular weight excluding hydrogens is 288 g/mol. The molecule has 1 aromatic rings. The van der Waals surface area contributed by atoms with Gasteiger partial charge in [0.2, 0.25) is 10.0 Å². The molecule has 3 rings (SSSR count). The first kappa shape index (κ1) is 15.1. The van der Waals surface area contributed by atoms with Crippen molar-refractivity contribution >= 4 is 10.0 Å². The molecule has 2 fully saturated rings. The second-order valence-electron chi connectivity index (χ2n) is 6.31. The van der Waals surface area contributed by atoms with Crippen LogP contribution in [0.4, 0.5) is 0 Å². The molecule has 118 valence electrons. The zero-order chi connectivity index (χ0) is 15.0. The van der Waals surface area contributed by atoms with Crippen molar-refractivity contribution in [3.63, 3.8) is 0 Å². The first-order valence-electron chi connectivity index (χ1n) is 7.79. The maximum absolute atomic E-state index is 12.0. The lowest BCUT2D eigenvalue weighted by Gasteiger charge is -2.15. The van der Waals surface area contributed by atoms with Gasteiger partial charge >= 0.3 is 0 Å². The molecule has 1 aliphatic heterocycles. The number of nitrogens with one attached hydrogen (secondary N) is 1. The quantitative estimate of drug-likeness (QED) is 0.871. The van der Waals surface area contributed by atoms with Crippen molar-refractivity contribution in [3.05, 3.63) is 23.7 Å². The summed E-state index contributed by atoms with van der Waals surface area (Å²) in [4.78, 5) is 2.17. The molecule has 21 heavy (non-hydrogen) atoms. The van der Waals surface area contributed by atoms with Gasteiger partial charge in [-0.05, 0) is 30.9 Å². The van der Waals surface area contributed by atoms with Crippen molar-refractivity contribution in [2.45, 2.75) is 44.4 Å². The minimum Gasteiger partial charge on any atom is -0.464 e. The Morgan fingerprint density at radius 3 is 2.86 bits per heavy atom. The minimum atomic E-state index is -3.16. The summed E-state index contributed by atoms with van der Waals surface area (Å²) in [6.45, 7) is 6.62. The fraction of sp³-hybridized carbons (Fsp3) is 0.733. The van der Waals surface area contributed by atoms with Crippen LogP contribution in [0, 0.1) is 5.92 Å². The fourth-order valence-electron chi connectivity index (χ4n) is 3.13. The van der Waals surface area contributed by atoms with E-state index in [1.165, 1.54) is 6.42 Å². The van der Waals surface area contributed by atoms with Crippen LogP contribution >= 0.6 is 0 Å². The lowest BCUT2D eigenvalue weighted by Crippen LogP contribution is -2.36. The maximum atomic E-state index is 12.0. The van der Waals surface area contributed by atoms with Gasteiger partial charge < -0.3 is 4.42 Å². The van der Waals surface area contributed by atoms with Crippen LogP contribution in [-0.2, 0) is 16.6 Å². The van der Waals surface area contributed by atoms with E-state index in [-0.39, 0.29) is 5.25 Å². The predicted molar refractivity (Wildman–Crippen MR) is 81.5 cm³/mol. The smallest absolute Gasteiger partial charge is 0.215 e. The Bertz CT molecular complexity index is 596. The Morgan fingerprint density at radius 2 is 2.19 bits per heavy atom. The second kappa shape index (κ2) is 5.74. The summed E-state index contributed by atoms with van der Waals surface area (Å²) in [5.74, 6) is 3.38. The van der Waals surface area contributed by atoms with Crippen molar-refractivity contribution in [1.82, 2.24) is 9.62 Å². The molecule has 2 heterocycles. The number of sulfonamides is 1. The van der Waals surface area contributed by atoms with Crippen molar-refractivity contribution in [1.29, 1.82) is 0 Å². The summed E-state index contributed by atoms with van der Waals surface area (Å²) in [5.41, 5.74) is 0. The second-order valence-corrected chi connectivity index (χ2v) is 8.36. The fourth-order valence-corrected chi connectivity index (χ4v) is 4.59. The molecule has 1 N–H and O–H groups in total. The Labute approximate surface area is 126 Å². The number of hydrogen-bond acceptors (Lipinski definition) is 4. The average molecular weight is 312 g/mol. The number of likely N-dealkylation sites (tertiary alicyclic amines) is 1. The van der Waals surface area contributed by atoms with Gasteiger partial charge in [-0.25, -0.2) is 13.1 Å². The number of rotatable bonds is 6. The Kier molecular flexibility index (Phi) is 4.12. The van der Waals surface area contributed by atoms with Crippen molar-refractivity contribution < 1.29 is 12.8 Å². The van der Waals surface area contributed by atoms with E-state index in [1.807, 2.05) is 13.0 Å². The van der Waals surface area contributed by atoms with Crippen LogP contribution in [0.3, 0.4) is 0 Å². The van der Waals surface area contributed by atoms with E-state index in [0.717, 1.165) is 24.0 Å². The molecule has 0 aromatic carbocycles. The van der Waals surface area contributed by atoms with E-state index in [4.69, 9.17) is 4.42 Å². The normalized spacial score (nSPS) is 29.9. The van der Waals surface area contributed by atoms with Gasteiger partial charge in [-0.3, -0.25) is 4.90 Å². The van der Waals surface area contributed by atoms with E-state index < -0.39 is 10.0 Å². The van der Waals surface area contributed by atoms with Crippen LogP contribution in [0.2, 0.25) is 0 Å². The van der Waals surface area contributed by atoms with Gasteiger partial charge in [0.15, 0.2) is 0 Å². The molecule has 0 bridgehead atoms. The summed E-state index contributed by atoms with van der Waals surface area (Å²) in [7, 11) is -3.16. The highest BCUT2D eigenvalue weighted by Crippen LogP contribution is 2.47. The molecule has 1 saturated carbocycles. The standard InChI is InChI=1S/C15H24N2O3S/c1-3-16-21(18,19)13-6-7-17(10-13)9-12-4-5-15(20-12)14-8-11(14)2/h4-5,11,13-14,16H,3,6-10H2,1-2H3/t11-,13+,14+/m0/s1. The van der Waals surface area contributed by atoms with Crippen LogP contribution < -0.4 is 4.72 Å². The van der Waals surface area contributed by atoms with Gasteiger partial charge in [-0.2, -0.15) is 0 Å². The number of nitrogens with zero attached hydrogens (tertiary/aromatic N) is 1. The summed E-state index contributed by atoms with van der Waals surface area (Å²) in [6, 6.07) is 4.11. The summed E-state index contributed by atoms with van der Waals surface area (Å²) in [5, 5.41) is -0.296. The van der Waals surface area contributed by atoms with Gasteiger partial charge in [0.25, 0.3) is 0 Å². The van der Waals surface area contributed by atoms with Crippen LogP contribution in [0.5, 0.6) is 0 Å². The summed E-state index contributed by atoms with van der Waals surface area (Å²) >= 11 is 0. The molecule has 1 saturated heterocycles. The van der Waals surface area contributed by atoms with Crippen molar-refractivity contribution in [2.75, 3.05) is 19.6 Å². The van der Waals surface area contributed by atoms with Gasteiger partial charge in [-0.15, -0.1) is 0 Å². The molecule has 5 nitrogen and oxygen atoms in total. The van der Waals surface area contributed by atoms with Gasteiger partial charge in [0.1, 0.15) is 11.5 Å². The van der Waals surface area contributed by atoms with Crippen LogP contribution in [-0.4, -0.2) is 38.2 Å². The Hall–Kier alpha value is -0.850. The molecule has 2 aliphatic rings. The lowest BCUT2D eigenvalue weighted by atomic mass is 10.3. The molecule has 6 heteroatoms. The van der Waals surface area contributed by atoms with Crippen LogP contribution in [0.25, 0.3) is 0 Å². The summed E-state index contributed by atoms with van der Waals surface area (Å²) < 4.78 is 32.5. The minimum absolute atomic E-state index is 0.296.